The zero-order valence-electron chi connectivity index (χ0n) is 14.6. The molecule has 0 atom stereocenters. The smallest absolute Gasteiger partial charge is 0.335 e. The van der Waals surface area contributed by atoms with Crippen LogP contribution in [0.15, 0.2) is 36.4 Å². The number of carbonyl (C=O) groups excluding carboxylic acids is 1. The molecule has 0 aliphatic carbocycles. The Bertz CT molecular complexity index is 737. The maximum atomic E-state index is 11.1. The van der Waals surface area contributed by atoms with Crippen molar-refractivity contribution in [3.8, 4) is 0 Å². The fraction of sp³-hybridized carbons (Fsp3) is 0.222. The number of ether oxygens (including phenoxy) is 1. The molecule has 0 bridgehead atoms. The molecular formula is C18H24N4O4. The molecule has 9 N–H and O–H groups in total. The molecular weight excluding hydrogens is 336 g/mol. The minimum Gasteiger partial charge on any atom is -0.478 e. The molecule has 2 aromatic rings. The van der Waals surface area contributed by atoms with Gasteiger partial charge in [-0.2, -0.15) is 0 Å². The Labute approximate surface area is 151 Å². The van der Waals surface area contributed by atoms with Crippen molar-refractivity contribution in [3.63, 3.8) is 0 Å². The molecule has 0 unspecified atom stereocenters. The summed E-state index contributed by atoms with van der Waals surface area (Å²) >= 11 is 0. The number of nitrogens with two attached hydrogens (primary N) is 4. The van der Waals surface area contributed by atoms with E-state index < -0.39 is 5.97 Å². The molecule has 2 aromatic carbocycles. The topological polar surface area (TPSA) is 168 Å². The molecule has 8 nitrogen and oxygen atoms in total. The number of aryl methyl sites for hydroxylation is 1. The molecule has 0 aliphatic rings. The Morgan fingerprint density at radius 3 is 1.77 bits per heavy atom. The van der Waals surface area contributed by atoms with Crippen molar-refractivity contribution >= 4 is 34.7 Å². The molecule has 0 heterocycles. The highest BCUT2D eigenvalue weighted by atomic mass is 16.5. The van der Waals surface area contributed by atoms with Crippen LogP contribution in [0.1, 0.15) is 29.3 Å². The molecule has 0 fully saturated rings. The van der Waals surface area contributed by atoms with Crippen molar-refractivity contribution in [2.75, 3.05) is 29.5 Å². The zero-order valence-corrected chi connectivity index (χ0v) is 14.6. The molecule has 0 aliphatic heterocycles. The monoisotopic (exact) mass is 360 g/mol. The number of rotatable bonds is 5. The van der Waals surface area contributed by atoms with Crippen LogP contribution in [-0.2, 0) is 16.0 Å². The van der Waals surface area contributed by atoms with Gasteiger partial charge in [-0.3, -0.25) is 4.79 Å². The Hall–Kier alpha value is -3.42. The van der Waals surface area contributed by atoms with Crippen LogP contribution >= 0.6 is 0 Å². The Morgan fingerprint density at radius 2 is 1.35 bits per heavy atom. The summed E-state index contributed by atoms with van der Waals surface area (Å²) in [5.41, 5.74) is 25.0. The van der Waals surface area contributed by atoms with Crippen molar-refractivity contribution in [3.05, 3.63) is 47.5 Å². The second kappa shape index (κ2) is 9.77. The average Bonchev–Trinajstić information content (AvgIpc) is 2.52. The lowest BCUT2D eigenvalue weighted by molar-refractivity contribution is -0.143. The van der Waals surface area contributed by atoms with Gasteiger partial charge in [0.25, 0.3) is 0 Å². The van der Waals surface area contributed by atoms with E-state index in [4.69, 9.17) is 32.8 Å². The third-order valence-corrected chi connectivity index (χ3v) is 3.19. The molecule has 2 rings (SSSR count). The largest absolute Gasteiger partial charge is 0.478 e. The number of aromatic carboxylic acids is 1. The first kappa shape index (κ1) is 20.6. The van der Waals surface area contributed by atoms with Crippen molar-refractivity contribution in [1.29, 1.82) is 0 Å². The van der Waals surface area contributed by atoms with E-state index in [0.29, 0.717) is 42.2 Å². The summed E-state index contributed by atoms with van der Waals surface area (Å²) in [6, 6.07) is 9.54. The van der Waals surface area contributed by atoms with Gasteiger partial charge in [0, 0.05) is 29.2 Å². The summed E-state index contributed by atoms with van der Waals surface area (Å²) in [4.78, 5) is 21.5. The normalized spacial score (nSPS) is 9.73. The van der Waals surface area contributed by atoms with E-state index in [1.54, 1.807) is 13.0 Å². The van der Waals surface area contributed by atoms with Gasteiger partial charge in [0.05, 0.1) is 12.2 Å². The summed E-state index contributed by atoms with van der Waals surface area (Å²) in [7, 11) is 0. The molecule has 0 saturated carbocycles. The van der Waals surface area contributed by atoms with E-state index in [9.17, 15) is 9.59 Å². The first-order valence-electron chi connectivity index (χ1n) is 7.91. The lowest BCUT2D eigenvalue weighted by Gasteiger charge is -2.04. The minimum absolute atomic E-state index is 0.113. The minimum atomic E-state index is -1.02. The molecule has 26 heavy (non-hydrogen) atoms. The quantitative estimate of drug-likeness (QED) is 0.398. The highest BCUT2D eigenvalue weighted by Gasteiger charge is 2.04. The van der Waals surface area contributed by atoms with Crippen LogP contribution in [0.2, 0.25) is 0 Å². The predicted octanol–water partition coefficient (Wildman–Crippen LogP) is 1.90. The first-order chi connectivity index (χ1) is 12.2. The SMILES string of the molecule is CCOC(=O)CCc1cc(N)cc(N)c1.Nc1cc(N)cc(C(=O)O)c1. The van der Waals surface area contributed by atoms with Gasteiger partial charge < -0.3 is 32.8 Å². The van der Waals surface area contributed by atoms with Crippen LogP contribution in [0.4, 0.5) is 22.7 Å². The van der Waals surface area contributed by atoms with Gasteiger partial charge in [0.1, 0.15) is 0 Å². The van der Waals surface area contributed by atoms with Crippen molar-refractivity contribution in [2.45, 2.75) is 19.8 Å². The predicted molar refractivity (Wildman–Crippen MR) is 102 cm³/mol. The number of esters is 1. The van der Waals surface area contributed by atoms with Gasteiger partial charge in [0.2, 0.25) is 0 Å². The molecule has 0 saturated heterocycles. The highest BCUT2D eigenvalue weighted by Crippen LogP contribution is 2.15. The third kappa shape index (κ3) is 7.43. The van der Waals surface area contributed by atoms with Crippen LogP contribution < -0.4 is 22.9 Å². The van der Waals surface area contributed by atoms with Crippen molar-refractivity contribution < 1.29 is 19.4 Å². The van der Waals surface area contributed by atoms with Crippen LogP contribution in [0.5, 0.6) is 0 Å². The number of carboxylic acids is 1. The van der Waals surface area contributed by atoms with E-state index in [0.717, 1.165) is 5.56 Å². The van der Waals surface area contributed by atoms with E-state index in [1.165, 1.54) is 18.2 Å². The van der Waals surface area contributed by atoms with E-state index >= 15 is 0 Å². The van der Waals surface area contributed by atoms with Gasteiger partial charge in [-0.1, -0.05) is 0 Å². The van der Waals surface area contributed by atoms with Crippen LogP contribution in [0.25, 0.3) is 0 Å². The van der Waals surface area contributed by atoms with E-state index in [1.807, 2.05) is 12.1 Å². The van der Waals surface area contributed by atoms with Crippen molar-refractivity contribution in [2.24, 2.45) is 0 Å². The third-order valence-electron chi connectivity index (χ3n) is 3.19. The summed E-state index contributed by atoms with van der Waals surface area (Å²) in [5, 5.41) is 8.52. The summed E-state index contributed by atoms with van der Waals surface area (Å²) in [5.74, 6) is -1.22. The molecule has 0 radical (unpaired) electrons. The summed E-state index contributed by atoms with van der Waals surface area (Å²) in [6.45, 7) is 2.20. The van der Waals surface area contributed by atoms with Crippen molar-refractivity contribution in [1.82, 2.24) is 0 Å². The standard InChI is InChI=1S/C11H16N2O2.C7H8N2O2/c1-2-15-11(14)4-3-8-5-9(12)7-10(13)6-8;8-5-1-4(7(10)11)2-6(9)3-5/h5-7H,2-4,12-13H2,1H3;1-3H,8-9H2,(H,10,11). The van der Waals surface area contributed by atoms with Crippen LogP contribution in [-0.4, -0.2) is 23.7 Å². The van der Waals surface area contributed by atoms with E-state index in [-0.39, 0.29) is 11.5 Å². The highest BCUT2D eigenvalue weighted by molar-refractivity contribution is 5.90. The lowest BCUT2D eigenvalue weighted by Crippen LogP contribution is -2.05. The maximum Gasteiger partial charge on any atom is 0.335 e. The first-order valence-corrected chi connectivity index (χ1v) is 7.91. The van der Waals surface area contributed by atoms with Gasteiger partial charge in [-0.25, -0.2) is 4.79 Å². The van der Waals surface area contributed by atoms with Gasteiger partial charge >= 0.3 is 11.9 Å². The number of benzene rings is 2. The van der Waals surface area contributed by atoms with Crippen LogP contribution in [0, 0.1) is 0 Å². The number of carboxylic acid groups (broad SMARTS) is 1. The number of hydrogen-bond acceptors (Lipinski definition) is 7. The Balaban J connectivity index is 0.000000273. The zero-order chi connectivity index (χ0) is 19.7. The lowest BCUT2D eigenvalue weighted by atomic mass is 10.1. The number of hydrogen-bond donors (Lipinski definition) is 5. The Kier molecular flexibility index (Phi) is 7.75. The fourth-order valence-corrected chi connectivity index (χ4v) is 2.17. The second-order valence-electron chi connectivity index (χ2n) is 5.51. The number of carbonyl (C=O) groups is 2. The number of nitrogen functional groups attached to an aromatic ring is 4. The molecule has 8 heteroatoms. The van der Waals surface area contributed by atoms with Crippen LogP contribution in [0.3, 0.4) is 0 Å². The summed E-state index contributed by atoms with van der Waals surface area (Å²) < 4.78 is 4.82. The fourth-order valence-electron chi connectivity index (χ4n) is 2.17. The second-order valence-corrected chi connectivity index (χ2v) is 5.51. The molecule has 140 valence electrons. The molecule has 0 aromatic heterocycles. The Morgan fingerprint density at radius 1 is 0.885 bits per heavy atom. The average molecular weight is 360 g/mol. The van der Waals surface area contributed by atoms with E-state index in [2.05, 4.69) is 0 Å². The maximum absolute atomic E-state index is 11.1. The van der Waals surface area contributed by atoms with Gasteiger partial charge in [-0.15, -0.1) is 0 Å². The molecule has 0 spiro atoms. The molecule has 0 amide bonds. The van der Waals surface area contributed by atoms with Gasteiger partial charge in [-0.05, 0) is 55.3 Å². The number of anilines is 4. The summed E-state index contributed by atoms with van der Waals surface area (Å²) in [6.07, 6.45) is 0.963. The van der Waals surface area contributed by atoms with Gasteiger partial charge in [0.15, 0.2) is 0 Å².